The topological polar surface area (TPSA) is 64.3 Å². The Balaban J connectivity index is 2.41. The third-order valence-electron chi connectivity index (χ3n) is 1.18. The summed E-state index contributed by atoms with van der Waals surface area (Å²) in [7, 11) is 0. The summed E-state index contributed by atoms with van der Waals surface area (Å²) in [5, 5.41) is 2.61. The zero-order valence-corrected chi connectivity index (χ0v) is 5.09. The number of nitrogens with one attached hydrogen (secondary N) is 1. The standard InChI is InChI=1S/C5H10N2O2/c6-4-3-9-2-1-7-5(4)8/h4H,1-3,6H2,(H,7,8)/t4-/m0/s1. The summed E-state index contributed by atoms with van der Waals surface area (Å²) >= 11 is 0. The average Bonchev–Trinajstić information content (AvgIpc) is 1.99. The van der Waals surface area contributed by atoms with Crippen LogP contribution in [0.2, 0.25) is 0 Å². The summed E-state index contributed by atoms with van der Waals surface area (Å²) < 4.78 is 4.97. The second kappa shape index (κ2) is 2.80. The Morgan fingerprint density at radius 1 is 1.78 bits per heavy atom. The normalized spacial score (nSPS) is 29.0. The van der Waals surface area contributed by atoms with Crippen LogP contribution < -0.4 is 11.1 Å². The molecule has 52 valence electrons. The molecule has 0 spiro atoms. The van der Waals surface area contributed by atoms with Crippen LogP contribution in [0.4, 0.5) is 0 Å². The number of rotatable bonds is 0. The van der Waals surface area contributed by atoms with Gasteiger partial charge >= 0.3 is 0 Å². The molecule has 1 aliphatic rings. The molecule has 1 atom stereocenters. The SMILES string of the molecule is N[C@H]1COCCNC1=O. The highest BCUT2D eigenvalue weighted by atomic mass is 16.5. The van der Waals surface area contributed by atoms with E-state index in [9.17, 15) is 4.79 Å². The lowest BCUT2D eigenvalue weighted by Crippen LogP contribution is -2.41. The number of ether oxygens (including phenoxy) is 1. The predicted molar refractivity (Wildman–Crippen MR) is 31.8 cm³/mol. The Labute approximate surface area is 53.4 Å². The van der Waals surface area contributed by atoms with Gasteiger partial charge in [-0.15, -0.1) is 0 Å². The number of nitrogens with two attached hydrogens (primary N) is 1. The zero-order valence-electron chi connectivity index (χ0n) is 5.09. The minimum absolute atomic E-state index is 0.118. The smallest absolute Gasteiger partial charge is 0.239 e. The first-order valence-electron chi connectivity index (χ1n) is 2.92. The molecular weight excluding hydrogens is 120 g/mol. The van der Waals surface area contributed by atoms with E-state index < -0.39 is 6.04 Å². The largest absolute Gasteiger partial charge is 0.377 e. The minimum Gasteiger partial charge on any atom is -0.377 e. The van der Waals surface area contributed by atoms with E-state index in [-0.39, 0.29) is 5.91 Å². The van der Waals surface area contributed by atoms with Crippen molar-refractivity contribution in [3.05, 3.63) is 0 Å². The molecule has 1 fully saturated rings. The molecule has 0 saturated carbocycles. The van der Waals surface area contributed by atoms with Crippen LogP contribution >= 0.6 is 0 Å². The third kappa shape index (κ3) is 1.65. The van der Waals surface area contributed by atoms with E-state index in [4.69, 9.17) is 10.5 Å². The van der Waals surface area contributed by atoms with Crippen molar-refractivity contribution in [1.82, 2.24) is 5.32 Å². The Kier molecular flexibility index (Phi) is 2.02. The van der Waals surface area contributed by atoms with Crippen molar-refractivity contribution >= 4 is 5.91 Å². The monoisotopic (exact) mass is 130 g/mol. The van der Waals surface area contributed by atoms with E-state index in [2.05, 4.69) is 5.32 Å². The first kappa shape index (κ1) is 6.51. The van der Waals surface area contributed by atoms with Crippen LogP contribution in [0.15, 0.2) is 0 Å². The van der Waals surface area contributed by atoms with E-state index in [0.29, 0.717) is 19.8 Å². The maximum Gasteiger partial charge on any atom is 0.239 e. The molecular formula is C5H10N2O2. The molecule has 1 aliphatic heterocycles. The molecule has 0 aromatic rings. The molecule has 0 aromatic carbocycles. The maximum absolute atomic E-state index is 10.7. The lowest BCUT2D eigenvalue weighted by Gasteiger charge is -2.03. The highest BCUT2D eigenvalue weighted by Gasteiger charge is 2.15. The molecule has 0 radical (unpaired) electrons. The summed E-state index contributed by atoms with van der Waals surface area (Å²) in [5.41, 5.74) is 5.34. The zero-order chi connectivity index (χ0) is 6.69. The molecule has 4 nitrogen and oxygen atoms in total. The number of hydrogen-bond donors (Lipinski definition) is 2. The van der Waals surface area contributed by atoms with Crippen molar-refractivity contribution in [3.63, 3.8) is 0 Å². The van der Waals surface area contributed by atoms with Crippen molar-refractivity contribution in [2.24, 2.45) is 5.73 Å². The Bertz CT molecular complexity index is 116. The van der Waals surface area contributed by atoms with Gasteiger partial charge in [0, 0.05) is 6.54 Å². The number of amides is 1. The van der Waals surface area contributed by atoms with Gasteiger partial charge in [-0.3, -0.25) is 4.79 Å². The van der Waals surface area contributed by atoms with E-state index >= 15 is 0 Å². The van der Waals surface area contributed by atoms with Gasteiger partial charge in [0.15, 0.2) is 0 Å². The van der Waals surface area contributed by atoms with Gasteiger partial charge in [-0.25, -0.2) is 0 Å². The van der Waals surface area contributed by atoms with E-state index in [1.54, 1.807) is 0 Å². The molecule has 1 saturated heterocycles. The van der Waals surface area contributed by atoms with Gasteiger partial charge in [0.1, 0.15) is 6.04 Å². The van der Waals surface area contributed by atoms with E-state index in [1.165, 1.54) is 0 Å². The fourth-order valence-electron chi connectivity index (χ4n) is 0.663. The highest BCUT2D eigenvalue weighted by molar-refractivity contribution is 5.81. The third-order valence-corrected chi connectivity index (χ3v) is 1.18. The van der Waals surface area contributed by atoms with Crippen LogP contribution in [0.25, 0.3) is 0 Å². The van der Waals surface area contributed by atoms with Crippen molar-refractivity contribution in [3.8, 4) is 0 Å². The van der Waals surface area contributed by atoms with Crippen molar-refractivity contribution in [1.29, 1.82) is 0 Å². The summed E-state index contributed by atoms with van der Waals surface area (Å²) in [6.07, 6.45) is 0. The highest BCUT2D eigenvalue weighted by Crippen LogP contribution is 1.86. The molecule has 0 bridgehead atoms. The molecule has 1 heterocycles. The molecule has 4 heteroatoms. The number of carbonyl (C=O) groups is 1. The van der Waals surface area contributed by atoms with Crippen LogP contribution in [0, 0.1) is 0 Å². The predicted octanol–water partition coefficient (Wildman–Crippen LogP) is -1.54. The van der Waals surface area contributed by atoms with Crippen molar-refractivity contribution in [2.75, 3.05) is 19.8 Å². The first-order chi connectivity index (χ1) is 4.30. The Morgan fingerprint density at radius 2 is 2.56 bits per heavy atom. The van der Waals surface area contributed by atoms with Gasteiger partial charge in [0.25, 0.3) is 0 Å². The molecule has 0 aromatic heterocycles. The lowest BCUT2D eigenvalue weighted by molar-refractivity contribution is -0.122. The maximum atomic E-state index is 10.7. The molecule has 0 unspecified atom stereocenters. The molecule has 9 heavy (non-hydrogen) atoms. The van der Waals surface area contributed by atoms with Gasteiger partial charge in [-0.05, 0) is 0 Å². The van der Waals surface area contributed by atoms with Crippen LogP contribution in [0.5, 0.6) is 0 Å². The minimum atomic E-state index is -0.479. The van der Waals surface area contributed by atoms with Crippen LogP contribution in [0.3, 0.4) is 0 Å². The molecule has 1 rings (SSSR count). The number of hydrogen-bond acceptors (Lipinski definition) is 3. The summed E-state index contributed by atoms with van der Waals surface area (Å²) in [5.74, 6) is -0.118. The second-order valence-electron chi connectivity index (χ2n) is 1.97. The molecule has 0 aliphatic carbocycles. The van der Waals surface area contributed by atoms with Crippen LogP contribution in [-0.4, -0.2) is 31.7 Å². The fourth-order valence-corrected chi connectivity index (χ4v) is 0.663. The van der Waals surface area contributed by atoms with Crippen molar-refractivity contribution in [2.45, 2.75) is 6.04 Å². The summed E-state index contributed by atoms with van der Waals surface area (Å²) in [4.78, 5) is 10.7. The Hall–Kier alpha value is -0.610. The Morgan fingerprint density at radius 3 is 3.33 bits per heavy atom. The summed E-state index contributed by atoms with van der Waals surface area (Å²) in [6, 6.07) is -0.479. The number of carbonyl (C=O) groups excluding carboxylic acids is 1. The van der Waals surface area contributed by atoms with Crippen molar-refractivity contribution < 1.29 is 9.53 Å². The quantitative estimate of drug-likeness (QED) is 0.417. The second-order valence-corrected chi connectivity index (χ2v) is 1.97. The first-order valence-corrected chi connectivity index (χ1v) is 2.92. The van der Waals surface area contributed by atoms with Crippen LogP contribution in [-0.2, 0) is 9.53 Å². The molecule has 3 N–H and O–H groups in total. The average molecular weight is 130 g/mol. The van der Waals surface area contributed by atoms with E-state index in [0.717, 1.165) is 0 Å². The fraction of sp³-hybridized carbons (Fsp3) is 0.800. The van der Waals surface area contributed by atoms with Gasteiger partial charge in [0.05, 0.1) is 13.2 Å². The van der Waals surface area contributed by atoms with Gasteiger partial charge in [-0.2, -0.15) is 0 Å². The van der Waals surface area contributed by atoms with Gasteiger partial charge < -0.3 is 15.8 Å². The van der Waals surface area contributed by atoms with Gasteiger partial charge in [-0.1, -0.05) is 0 Å². The van der Waals surface area contributed by atoms with Crippen LogP contribution in [0.1, 0.15) is 0 Å². The lowest BCUT2D eigenvalue weighted by atomic mass is 10.3. The summed E-state index contributed by atoms with van der Waals surface area (Å²) in [6.45, 7) is 1.48. The molecule has 1 amide bonds. The van der Waals surface area contributed by atoms with Gasteiger partial charge in [0.2, 0.25) is 5.91 Å². The van der Waals surface area contributed by atoms with E-state index in [1.807, 2.05) is 0 Å².